The van der Waals surface area contributed by atoms with Crippen molar-refractivity contribution in [2.24, 2.45) is 0 Å². The molecule has 6 aromatic carbocycles. The van der Waals surface area contributed by atoms with Gasteiger partial charge < -0.3 is 29.2 Å². The Morgan fingerprint density at radius 2 is 1.08 bits per heavy atom. The number of aromatic carboxylic acids is 1. The summed E-state index contributed by atoms with van der Waals surface area (Å²) in [6.07, 6.45) is 0. The topological polar surface area (TPSA) is 145 Å². The third kappa shape index (κ3) is 10.6. The van der Waals surface area contributed by atoms with E-state index in [4.69, 9.17) is 53.0 Å². The number of carbonyl (C=O) groups is 1. The van der Waals surface area contributed by atoms with Gasteiger partial charge in [0, 0.05) is 34.0 Å². The van der Waals surface area contributed by atoms with Gasteiger partial charge in [-0.05, 0) is 82.9 Å². The Kier molecular flexibility index (Phi) is 16.3. The molecule has 8 rings (SSSR count). The predicted octanol–water partition coefficient (Wildman–Crippen LogP) is 8.19. The number of halogens is 2. The van der Waals surface area contributed by atoms with Crippen LogP contribution in [0, 0.1) is 11.3 Å². The van der Waals surface area contributed by atoms with Crippen molar-refractivity contribution < 1.29 is 76.2 Å². The summed E-state index contributed by atoms with van der Waals surface area (Å²) in [5, 5.41) is 19.7. The molecule has 0 saturated carbocycles. The number of imidazole rings is 2. The van der Waals surface area contributed by atoms with Crippen molar-refractivity contribution in [3.05, 3.63) is 189 Å². The Hall–Kier alpha value is -5.00. The number of rotatable bonds is 11. The molecule has 0 amide bonds. The Morgan fingerprint density at radius 3 is 1.46 bits per heavy atom. The molecule has 2 heterocycles. The Bertz CT molecular complexity index is 2820. The van der Waals surface area contributed by atoms with Crippen LogP contribution >= 0.6 is 23.2 Å². The van der Waals surface area contributed by atoms with Crippen molar-refractivity contribution in [3.8, 4) is 17.6 Å². The number of methoxy groups -OCH3 is 2. The molecule has 0 aliphatic rings. The first-order valence-electron chi connectivity index (χ1n) is 19.0. The quantitative estimate of drug-likeness (QED) is 0.128. The zero-order chi connectivity index (χ0) is 41.6. The summed E-state index contributed by atoms with van der Waals surface area (Å²) in [5.41, 5.74) is 8.78. The Balaban J connectivity index is 0.000000224. The van der Waals surface area contributed by atoms with Gasteiger partial charge in [-0.15, -0.1) is 0 Å². The van der Waals surface area contributed by atoms with Crippen LogP contribution in [0.25, 0.3) is 22.1 Å². The fourth-order valence-electron chi connectivity index (χ4n) is 7.16. The molecule has 61 heavy (non-hydrogen) atoms. The van der Waals surface area contributed by atoms with Gasteiger partial charge in [0.2, 0.25) is 0 Å². The van der Waals surface area contributed by atoms with Gasteiger partial charge in [-0.2, -0.15) is 5.26 Å². The summed E-state index contributed by atoms with van der Waals surface area (Å²) in [4.78, 5) is 21.0. The van der Waals surface area contributed by atoms with E-state index in [0.717, 1.165) is 72.5 Å². The second kappa shape index (κ2) is 21.2. The van der Waals surface area contributed by atoms with Crippen molar-refractivity contribution in [1.29, 1.82) is 5.26 Å². The first kappa shape index (κ1) is 47.1. The molecule has 2 atom stereocenters. The monoisotopic (exact) mass is 877 g/mol. The van der Waals surface area contributed by atoms with Crippen molar-refractivity contribution in [3.63, 3.8) is 0 Å². The summed E-state index contributed by atoms with van der Waals surface area (Å²) < 4.78 is 15.1. The van der Waals surface area contributed by atoms with E-state index >= 15 is 0 Å². The molecule has 0 aliphatic carbocycles. The normalized spacial score (nSPS) is 11.6. The number of hydrogen-bond donors (Lipinski definition) is 1. The van der Waals surface area contributed by atoms with E-state index in [2.05, 4.69) is 29.1 Å². The number of fused-ring (bicyclic) bond motifs is 2. The molecule has 0 radical (unpaired) electrons. The van der Waals surface area contributed by atoms with E-state index in [0.29, 0.717) is 23.7 Å². The number of carboxylic acids is 1. The van der Waals surface area contributed by atoms with Crippen LogP contribution < -0.4 is 60.9 Å². The fraction of sp³-hybridized carbons (Fsp3) is 0.167. The molecule has 10 nitrogen and oxygen atoms in total. The van der Waals surface area contributed by atoms with Crippen molar-refractivity contribution in [1.82, 2.24) is 19.1 Å². The number of nitriles is 1. The zero-order valence-corrected chi connectivity index (χ0v) is 39.0. The van der Waals surface area contributed by atoms with Gasteiger partial charge in [-0.1, -0.05) is 97.7 Å². The van der Waals surface area contributed by atoms with Gasteiger partial charge in [0.05, 0.1) is 66.6 Å². The summed E-state index contributed by atoms with van der Waals surface area (Å²) in [6, 6.07) is 44.2. The molecule has 0 bridgehead atoms. The molecule has 2 N–H and O–H groups in total. The van der Waals surface area contributed by atoms with E-state index in [1.807, 2.05) is 121 Å². The number of benzene rings is 6. The smallest absolute Gasteiger partial charge is 0.870 e. The minimum Gasteiger partial charge on any atom is -0.870 e. The molecule has 0 saturated heterocycles. The molecule has 2 aromatic heterocycles. The summed E-state index contributed by atoms with van der Waals surface area (Å²) in [6.45, 7) is 5.40. The predicted molar refractivity (Wildman–Crippen MR) is 235 cm³/mol. The molecule has 2 unspecified atom stereocenters. The molecule has 8 aromatic rings. The van der Waals surface area contributed by atoms with E-state index in [-0.39, 0.29) is 74.3 Å². The first-order valence-corrected chi connectivity index (χ1v) is 19.7. The van der Waals surface area contributed by atoms with Gasteiger partial charge in [0.15, 0.2) is 0 Å². The van der Waals surface area contributed by atoms with Crippen LogP contribution in [0.5, 0.6) is 11.5 Å². The fourth-order valence-corrected chi connectivity index (χ4v) is 7.55. The van der Waals surface area contributed by atoms with Crippen LogP contribution in [0.1, 0.15) is 75.5 Å². The largest absolute Gasteiger partial charge is 1.00 e. The molecule has 13 heteroatoms. The molecule has 0 spiro atoms. The average molecular weight is 879 g/mol. The number of nitrogens with zero attached hydrogens (tertiary/aromatic N) is 5. The van der Waals surface area contributed by atoms with Crippen molar-refractivity contribution in [2.75, 3.05) is 14.2 Å². The number of aromatic nitrogens is 4. The van der Waals surface area contributed by atoms with E-state index < -0.39 is 5.97 Å². The average Bonchev–Trinajstić information content (AvgIpc) is 3.81. The van der Waals surface area contributed by atoms with E-state index in [9.17, 15) is 4.79 Å². The van der Waals surface area contributed by atoms with Crippen LogP contribution in [0.15, 0.2) is 133 Å². The van der Waals surface area contributed by atoms with Gasteiger partial charge in [-0.3, -0.25) is 0 Å². The first-order chi connectivity index (χ1) is 28.6. The summed E-state index contributed by atoms with van der Waals surface area (Å²) in [5.74, 6) is 2.40. The van der Waals surface area contributed by atoms with Crippen molar-refractivity contribution >= 4 is 51.2 Å². The molecular formula is C48H42Cl2KN5O5. The van der Waals surface area contributed by atoms with Crippen LogP contribution in [0.3, 0.4) is 0 Å². The van der Waals surface area contributed by atoms with Crippen molar-refractivity contribution in [2.45, 2.75) is 38.8 Å². The molecular weight excluding hydrogens is 837 g/mol. The maximum Gasteiger partial charge on any atom is 1.00 e. The number of carboxylic acid groups (broad SMARTS) is 1. The number of hydrogen-bond acceptors (Lipinski definition) is 7. The van der Waals surface area contributed by atoms with Crippen LogP contribution in [0.4, 0.5) is 0 Å². The third-order valence-electron chi connectivity index (χ3n) is 10.5. The second-order valence-corrected chi connectivity index (χ2v) is 14.9. The second-order valence-electron chi connectivity index (χ2n) is 14.1. The third-order valence-corrected chi connectivity index (χ3v) is 11.3. The van der Waals surface area contributed by atoms with Gasteiger partial charge in [0.1, 0.15) is 23.1 Å². The van der Waals surface area contributed by atoms with E-state index in [1.165, 1.54) is 0 Å². The minimum atomic E-state index is -0.938. The standard InChI is InChI=1S/C24H20ClN3O.C24H21ClN2O3.K.H2O/c1-16(18-9-7-17(14-26)8-10-18)24-27-22-13-20(29-2)11-12-23(22)28(24)15-19-5-3-4-6-21(19)25;1-15(16-7-9-17(10-8-16)24(28)29)23-26-21-13-19(30-2)11-12-22(21)27(23)14-18-5-3-4-6-20(18)25;;/h3-13,16H,15H2,1-2H3;3-13,15H,14H2,1-2H3,(H,28,29);;1H2/q;;+1;/p-1. The van der Waals surface area contributed by atoms with Crippen LogP contribution in [-0.2, 0) is 13.1 Å². The SMILES string of the molecule is COc1ccc2c(c1)nc(C(C)c1ccc(C#N)cc1)n2Cc1ccccc1Cl.COc1ccc2c(c1)nc(C(C)c1ccc(C(=O)O)cc1)n2Cc1ccccc1Cl.[K+].[OH-]. The van der Waals surface area contributed by atoms with Gasteiger partial charge in [0.25, 0.3) is 0 Å². The number of ether oxygens (including phenoxy) is 2. The zero-order valence-electron chi connectivity index (χ0n) is 34.4. The molecule has 0 aliphatic heterocycles. The maximum absolute atomic E-state index is 11.2. The van der Waals surface area contributed by atoms with Gasteiger partial charge in [-0.25, -0.2) is 14.8 Å². The van der Waals surface area contributed by atoms with Crippen LogP contribution in [0.2, 0.25) is 10.0 Å². The molecule has 304 valence electrons. The summed E-state index contributed by atoms with van der Waals surface area (Å²) >= 11 is 12.9. The van der Waals surface area contributed by atoms with Crippen LogP contribution in [-0.4, -0.2) is 49.9 Å². The van der Waals surface area contributed by atoms with Gasteiger partial charge >= 0.3 is 57.4 Å². The molecule has 0 fully saturated rings. The minimum absolute atomic E-state index is 0. The Morgan fingerprint density at radius 1 is 0.672 bits per heavy atom. The van der Waals surface area contributed by atoms with E-state index in [1.54, 1.807) is 26.4 Å². The maximum atomic E-state index is 11.2. The summed E-state index contributed by atoms with van der Waals surface area (Å²) in [7, 11) is 3.29. The Labute approximate surface area is 407 Å².